The molecule has 0 atom stereocenters. The highest BCUT2D eigenvalue weighted by Crippen LogP contribution is 2.39. The molecule has 0 fully saturated rings. The lowest BCUT2D eigenvalue weighted by Gasteiger charge is -2.15. The molecule has 1 aliphatic rings. The van der Waals surface area contributed by atoms with Crippen LogP contribution in [0.2, 0.25) is 0 Å². The van der Waals surface area contributed by atoms with E-state index in [9.17, 15) is 18.0 Å². The maximum Gasteiger partial charge on any atom is 0.411 e. The smallest absolute Gasteiger partial charge is 0.411 e. The average Bonchev–Trinajstić information content (AvgIpc) is 3.06. The monoisotopic (exact) mass is 438 g/mol. The van der Waals surface area contributed by atoms with Gasteiger partial charge in [0.05, 0.1) is 24.3 Å². The van der Waals surface area contributed by atoms with Crippen molar-refractivity contribution in [2.24, 2.45) is 0 Å². The van der Waals surface area contributed by atoms with E-state index < -0.39 is 22.1 Å². The number of aryl methyl sites for hydroxylation is 1. The first kappa shape index (κ1) is 21.1. The Morgan fingerprint density at radius 3 is 2.48 bits per heavy atom. The molecule has 1 aromatic heterocycles. The topological polar surface area (TPSA) is 111 Å². The molecule has 0 aliphatic heterocycles. The van der Waals surface area contributed by atoms with E-state index in [0.717, 1.165) is 29.7 Å². The first-order valence-corrected chi connectivity index (χ1v) is 11.4. The van der Waals surface area contributed by atoms with E-state index >= 15 is 0 Å². The van der Waals surface area contributed by atoms with Gasteiger partial charge >= 0.3 is 12.1 Å². The number of fused-ring (bicyclic) bond motifs is 1. The van der Waals surface area contributed by atoms with E-state index in [4.69, 9.17) is 4.74 Å². The van der Waals surface area contributed by atoms with Crippen LogP contribution in [0.1, 0.15) is 39.9 Å². The molecule has 2 aromatic rings. The molecule has 1 heterocycles. The molecule has 8 nitrogen and oxygen atoms in total. The minimum Gasteiger partial charge on any atom is -0.462 e. The van der Waals surface area contributed by atoms with Gasteiger partial charge in [0, 0.05) is 10.6 Å². The van der Waals surface area contributed by atoms with Crippen molar-refractivity contribution in [1.82, 2.24) is 0 Å². The number of amides is 1. The first-order valence-electron chi connectivity index (χ1n) is 9.15. The van der Waals surface area contributed by atoms with E-state index in [1.807, 2.05) is 0 Å². The lowest BCUT2D eigenvalue weighted by molar-refractivity contribution is 0.0533. The normalized spacial score (nSPS) is 13.3. The molecule has 156 valence electrons. The second kappa shape index (κ2) is 8.83. The summed E-state index contributed by atoms with van der Waals surface area (Å²) in [6, 6.07) is 5.66. The quantitative estimate of drug-likeness (QED) is 0.664. The number of hydrogen-bond donors (Lipinski definition) is 2. The number of nitrogens with one attached hydrogen (secondary N) is 2. The Hall–Kier alpha value is -2.59. The summed E-state index contributed by atoms with van der Waals surface area (Å²) in [5.74, 6) is -0.526. The van der Waals surface area contributed by atoms with Gasteiger partial charge in [0.1, 0.15) is 4.88 Å². The van der Waals surface area contributed by atoms with Gasteiger partial charge < -0.3 is 9.47 Å². The summed E-state index contributed by atoms with van der Waals surface area (Å²) in [5.41, 5.74) is 1.59. The second-order valence-corrected chi connectivity index (χ2v) is 9.17. The minimum atomic E-state index is -3.93. The number of thiophene rings is 1. The van der Waals surface area contributed by atoms with Crippen LogP contribution in [-0.2, 0) is 32.3 Å². The van der Waals surface area contributed by atoms with Crippen molar-refractivity contribution in [2.45, 2.75) is 37.5 Å². The fourth-order valence-electron chi connectivity index (χ4n) is 3.09. The van der Waals surface area contributed by atoms with Crippen molar-refractivity contribution < 1.29 is 27.5 Å². The van der Waals surface area contributed by atoms with Gasteiger partial charge in [-0.15, -0.1) is 11.3 Å². The molecular weight excluding hydrogens is 416 g/mol. The molecule has 29 heavy (non-hydrogen) atoms. The summed E-state index contributed by atoms with van der Waals surface area (Å²) in [6.07, 6.45) is 2.83. The predicted molar refractivity (Wildman–Crippen MR) is 110 cm³/mol. The van der Waals surface area contributed by atoms with Crippen LogP contribution in [-0.4, -0.2) is 34.2 Å². The number of methoxy groups -OCH3 is 1. The second-order valence-electron chi connectivity index (χ2n) is 6.38. The van der Waals surface area contributed by atoms with Gasteiger partial charge in [-0.25, -0.2) is 18.0 Å². The molecule has 1 aromatic carbocycles. The van der Waals surface area contributed by atoms with Gasteiger partial charge in [-0.05, 0) is 62.4 Å². The van der Waals surface area contributed by atoms with Crippen LogP contribution < -0.4 is 10.0 Å². The van der Waals surface area contributed by atoms with E-state index in [1.54, 1.807) is 6.92 Å². The third-order valence-corrected chi connectivity index (χ3v) is 7.10. The Bertz CT molecular complexity index is 1010. The number of anilines is 2. The standard InChI is InChI=1S/C19H22N2O6S2/c1-3-27-18(22)17-16(14-6-4-5-7-15(14)28-17)21-29(24,25)13-10-8-12(9-11-13)20-19(23)26-2/h8-11,21H,3-7H2,1-2H3,(H,20,23). The third-order valence-electron chi connectivity index (χ3n) is 4.46. The predicted octanol–water partition coefficient (Wildman–Crippen LogP) is 3.78. The molecule has 1 amide bonds. The van der Waals surface area contributed by atoms with Gasteiger partial charge in [-0.3, -0.25) is 10.0 Å². The van der Waals surface area contributed by atoms with E-state index in [-0.39, 0.29) is 16.4 Å². The highest BCUT2D eigenvalue weighted by Gasteiger charge is 2.28. The Labute approximate surface area is 173 Å². The summed E-state index contributed by atoms with van der Waals surface area (Å²) in [5, 5.41) is 2.46. The van der Waals surface area contributed by atoms with Crippen LogP contribution in [0.5, 0.6) is 0 Å². The molecular formula is C19H22N2O6S2. The lowest BCUT2D eigenvalue weighted by Crippen LogP contribution is -2.17. The fraction of sp³-hybridized carbons (Fsp3) is 0.368. The molecule has 2 N–H and O–H groups in total. The average molecular weight is 439 g/mol. The number of benzene rings is 1. The van der Waals surface area contributed by atoms with E-state index in [0.29, 0.717) is 17.8 Å². The Kier molecular flexibility index (Phi) is 6.43. The van der Waals surface area contributed by atoms with Crippen molar-refractivity contribution in [3.63, 3.8) is 0 Å². The summed E-state index contributed by atoms with van der Waals surface area (Å²) >= 11 is 1.29. The summed E-state index contributed by atoms with van der Waals surface area (Å²) in [6.45, 7) is 1.92. The van der Waals surface area contributed by atoms with Gasteiger partial charge in [0.15, 0.2) is 0 Å². The molecule has 3 rings (SSSR count). The number of esters is 1. The Balaban J connectivity index is 1.91. The summed E-state index contributed by atoms with van der Waals surface area (Å²) in [4.78, 5) is 25.0. The van der Waals surface area contributed by atoms with Crippen LogP contribution in [0.3, 0.4) is 0 Å². The number of hydrogen-bond acceptors (Lipinski definition) is 7. The molecule has 0 saturated heterocycles. The zero-order valence-electron chi connectivity index (χ0n) is 16.1. The maximum absolute atomic E-state index is 12.9. The van der Waals surface area contributed by atoms with Crippen molar-refractivity contribution in [3.05, 3.63) is 39.6 Å². The van der Waals surface area contributed by atoms with Crippen molar-refractivity contribution in [3.8, 4) is 0 Å². The molecule has 0 radical (unpaired) electrons. The summed E-state index contributed by atoms with van der Waals surface area (Å²) < 4.78 is 38.1. The number of carbonyl (C=O) groups is 2. The molecule has 0 unspecified atom stereocenters. The van der Waals surface area contributed by atoms with Crippen molar-refractivity contribution in [1.29, 1.82) is 0 Å². The third kappa shape index (κ3) is 4.70. The van der Waals surface area contributed by atoms with Gasteiger partial charge in [0.25, 0.3) is 10.0 Å². The molecule has 0 saturated carbocycles. The zero-order chi connectivity index (χ0) is 21.0. The van der Waals surface area contributed by atoms with Crippen LogP contribution in [0.15, 0.2) is 29.2 Å². The SMILES string of the molecule is CCOC(=O)c1sc2c(c1NS(=O)(=O)c1ccc(NC(=O)OC)cc1)CCCC2. The number of ether oxygens (including phenoxy) is 2. The Morgan fingerprint density at radius 1 is 1.14 bits per heavy atom. The number of carbonyl (C=O) groups excluding carboxylic acids is 2. The largest absolute Gasteiger partial charge is 0.462 e. The van der Waals surface area contributed by atoms with Gasteiger partial charge in [-0.2, -0.15) is 0 Å². The molecule has 0 bridgehead atoms. The van der Waals surface area contributed by atoms with Crippen LogP contribution >= 0.6 is 11.3 Å². The van der Waals surface area contributed by atoms with Crippen molar-refractivity contribution >= 4 is 44.8 Å². The highest BCUT2D eigenvalue weighted by atomic mass is 32.2. The molecule has 1 aliphatic carbocycles. The minimum absolute atomic E-state index is 0.0125. The van der Waals surface area contributed by atoms with E-state index in [2.05, 4.69) is 14.8 Å². The maximum atomic E-state index is 12.9. The van der Waals surface area contributed by atoms with Crippen LogP contribution in [0.25, 0.3) is 0 Å². The molecule has 0 spiro atoms. The zero-order valence-corrected chi connectivity index (χ0v) is 17.7. The summed E-state index contributed by atoms with van der Waals surface area (Å²) in [7, 11) is -2.70. The van der Waals surface area contributed by atoms with Gasteiger partial charge in [0.2, 0.25) is 0 Å². The molecule has 10 heteroatoms. The fourth-order valence-corrected chi connectivity index (χ4v) is 5.50. The number of rotatable bonds is 6. The van der Waals surface area contributed by atoms with Crippen molar-refractivity contribution in [2.75, 3.05) is 23.8 Å². The first-order chi connectivity index (χ1) is 13.9. The lowest BCUT2D eigenvalue weighted by atomic mass is 9.98. The van der Waals surface area contributed by atoms with Gasteiger partial charge in [-0.1, -0.05) is 0 Å². The van der Waals surface area contributed by atoms with Crippen LogP contribution in [0, 0.1) is 0 Å². The Morgan fingerprint density at radius 2 is 1.83 bits per heavy atom. The highest BCUT2D eigenvalue weighted by molar-refractivity contribution is 7.92. The van der Waals surface area contributed by atoms with Crippen LogP contribution in [0.4, 0.5) is 16.2 Å². The number of sulfonamides is 1. The van der Waals surface area contributed by atoms with E-state index in [1.165, 1.54) is 42.7 Å².